The summed E-state index contributed by atoms with van der Waals surface area (Å²) in [4.78, 5) is 0. The monoisotopic (exact) mass is 379 g/mol. The molecule has 112 valence electrons. The smallest absolute Gasteiger partial charge is 0.418 e. The molecule has 0 radical (unpaired) electrons. The van der Waals surface area contributed by atoms with Gasteiger partial charge in [-0.25, -0.2) is 0 Å². The van der Waals surface area contributed by atoms with Crippen LogP contribution < -0.4 is 5.32 Å². The van der Waals surface area contributed by atoms with E-state index in [1.54, 1.807) is 12.1 Å². The lowest BCUT2D eigenvalue weighted by molar-refractivity contribution is -0.136. The Kier molecular flexibility index (Phi) is 4.68. The van der Waals surface area contributed by atoms with Crippen molar-refractivity contribution in [1.29, 1.82) is 0 Å². The van der Waals surface area contributed by atoms with E-state index in [-0.39, 0.29) is 23.0 Å². The summed E-state index contributed by atoms with van der Waals surface area (Å²) >= 11 is 9.00. The number of halogens is 5. The molecule has 21 heavy (non-hydrogen) atoms. The highest BCUT2D eigenvalue weighted by Crippen LogP contribution is 2.38. The zero-order valence-electron chi connectivity index (χ0n) is 10.5. The fourth-order valence-corrected chi connectivity index (χ4v) is 2.46. The van der Waals surface area contributed by atoms with Crippen molar-refractivity contribution in [2.75, 3.05) is 5.32 Å². The first-order valence-corrected chi connectivity index (χ1v) is 7.03. The maximum Gasteiger partial charge on any atom is 0.418 e. The quantitative estimate of drug-likeness (QED) is 0.743. The number of para-hydroxylation sites is 1. The lowest BCUT2D eigenvalue weighted by Crippen LogP contribution is -2.11. The Labute approximate surface area is 132 Å². The first-order chi connectivity index (χ1) is 9.79. The summed E-state index contributed by atoms with van der Waals surface area (Å²) in [6, 6.07) is 8.31. The van der Waals surface area contributed by atoms with Gasteiger partial charge in [0.05, 0.1) is 20.7 Å². The lowest BCUT2D eigenvalue weighted by Gasteiger charge is -2.16. The van der Waals surface area contributed by atoms with Crippen molar-refractivity contribution in [3.05, 3.63) is 57.0 Å². The van der Waals surface area contributed by atoms with Crippen LogP contribution in [-0.4, -0.2) is 5.11 Å². The number of hydrogen-bond donors (Lipinski definition) is 2. The van der Waals surface area contributed by atoms with Gasteiger partial charge in [0.15, 0.2) is 0 Å². The van der Waals surface area contributed by atoms with Crippen molar-refractivity contribution < 1.29 is 18.3 Å². The van der Waals surface area contributed by atoms with Gasteiger partial charge in [0.1, 0.15) is 5.75 Å². The summed E-state index contributed by atoms with van der Waals surface area (Å²) in [6.07, 6.45) is -4.48. The molecular formula is C14H10BrClF3NO. The molecule has 2 nitrogen and oxygen atoms in total. The largest absolute Gasteiger partial charge is 0.507 e. The number of nitrogens with one attached hydrogen (secondary N) is 1. The van der Waals surface area contributed by atoms with E-state index in [1.165, 1.54) is 18.2 Å². The Morgan fingerprint density at radius 2 is 1.90 bits per heavy atom. The predicted octanol–water partition coefficient (Wildman–Crippen LogP) is 5.44. The number of alkyl halides is 3. The molecule has 0 unspecified atom stereocenters. The molecule has 0 fully saturated rings. The van der Waals surface area contributed by atoms with Crippen LogP contribution in [0.5, 0.6) is 5.75 Å². The minimum atomic E-state index is -4.48. The summed E-state index contributed by atoms with van der Waals surface area (Å²) in [5.41, 5.74) is -0.267. The summed E-state index contributed by atoms with van der Waals surface area (Å²) in [7, 11) is 0. The molecule has 0 saturated heterocycles. The van der Waals surface area contributed by atoms with E-state index in [4.69, 9.17) is 11.6 Å². The van der Waals surface area contributed by atoms with Gasteiger partial charge in [-0.2, -0.15) is 13.2 Å². The predicted molar refractivity (Wildman–Crippen MR) is 79.6 cm³/mol. The normalized spacial score (nSPS) is 11.5. The van der Waals surface area contributed by atoms with E-state index in [1.807, 2.05) is 0 Å². The van der Waals surface area contributed by atoms with Gasteiger partial charge in [0.25, 0.3) is 0 Å². The maximum absolute atomic E-state index is 12.9. The number of phenolic OH excluding ortho intramolecular Hbond substituents is 1. The van der Waals surface area contributed by atoms with Crippen LogP contribution in [0.3, 0.4) is 0 Å². The Morgan fingerprint density at radius 3 is 2.52 bits per heavy atom. The number of rotatable bonds is 3. The van der Waals surface area contributed by atoms with Crippen molar-refractivity contribution in [1.82, 2.24) is 0 Å². The molecule has 0 saturated carbocycles. The third kappa shape index (κ3) is 3.83. The van der Waals surface area contributed by atoms with Gasteiger partial charge in [-0.05, 0) is 45.8 Å². The molecule has 0 heterocycles. The topological polar surface area (TPSA) is 32.3 Å². The minimum Gasteiger partial charge on any atom is -0.507 e. The van der Waals surface area contributed by atoms with Crippen LogP contribution in [-0.2, 0) is 12.7 Å². The van der Waals surface area contributed by atoms with Crippen LogP contribution in [0.15, 0.2) is 40.9 Å². The highest BCUT2D eigenvalue weighted by molar-refractivity contribution is 9.10. The average Bonchev–Trinajstić information content (AvgIpc) is 2.40. The SMILES string of the molecule is Oc1ccc(CNc2c(Cl)cccc2C(F)(F)F)cc1Br. The summed E-state index contributed by atoms with van der Waals surface area (Å²) in [5, 5.41) is 12.1. The van der Waals surface area contributed by atoms with E-state index >= 15 is 0 Å². The van der Waals surface area contributed by atoms with Crippen LogP contribution >= 0.6 is 27.5 Å². The van der Waals surface area contributed by atoms with E-state index in [9.17, 15) is 18.3 Å². The molecule has 2 aromatic rings. The Hall–Kier alpha value is -1.40. The highest BCUT2D eigenvalue weighted by atomic mass is 79.9. The third-order valence-corrected chi connectivity index (χ3v) is 3.75. The molecule has 0 amide bonds. The second-order valence-corrected chi connectivity index (χ2v) is 5.56. The molecule has 2 N–H and O–H groups in total. The standard InChI is InChI=1S/C14H10BrClF3NO/c15-10-6-8(4-5-12(10)21)7-20-13-9(14(17,18)19)2-1-3-11(13)16/h1-6,20-21H,7H2. The van der Waals surface area contributed by atoms with E-state index < -0.39 is 11.7 Å². The first-order valence-electron chi connectivity index (χ1n) is 5.86. The number of phenols is 1. The van der Waals surface area contributed by atoms with Crippen LogP contribution in [0.2, 0.25) is 5.02 Å². The molecule has 0 bridgehead atoms. The van der Waals surface area contributed by atoms with Gasteiger partial charge in [0, 0.05) is 6.54 Å². The number of anilines is 1. The number of hydrogen-bond acceptors (Lipinski definition) is 2. The Morgan fingerprint density at radius 1 is 1.19 bits per heavy atom. The zero-order valence-corrected chi connectivity index (χ0v) is 12.9. The molecule has 0 aliphatic carbocycles. The fraction of sp³-hybridized carbons (Fsp3) is 0.143. The van der Waals surface area contributed by atoms with Crippen molar-refractivity contribution in [2.24, 2.45) is 0 Å². The van der Waals surface area contributed by atoms with Crippen LogP contribution in [0.1, 0.15) is 11.1 Å². The van der Waals surface area contributed by atoms with E-state index in [0.717, 1.165) is 6.07 Å². The Balaban J connectivity index is 2.25. The average molecular weight is 381 g/mol. The molecule has 0 aromatic heterocycles. The molecule has 2 rings (SSSR count). The molecule has 0 aliphatic heterocycles. The third-order valence-electron chi connectivity index (χ3n) is 2.80. The van der Waals surface area contributed by atoms with Crippen molar-refractivity contribution in [2.45, 2.75) is 12.7 Å². The second kappa shape index (κ2) is 6.15. The molecule has 0 aliphatic rings. The zero-order chi connectivity index (χ0) is 15.6. The second-order valence-electron chi connectivity index (χ2n) is 4.30. The van der Waals surface area contributed by atoms with Gasteiger partial charge in [-0.1, -0.05) is 23.7 Å². The van der Waals surface area contributed by atoms with Crippen LogP contribution in [0, 0.1) is 0 Å². The van der Waals surface area contributed by atoms with Gasteiger partial charge in [-0.3, -0.25) is 0 Å². The van der Waals surface area contributed by atoms with E-state index in [0.29, 0.717) is 10.0 Å². The fourth-order valence-electron chi connectivity index (χ4n) is 1.79. The molecule has 0 atom stereocenters. The number of aromatic hydroxyl groups is 1. The maximum atomic E-state index is 12.9. The Bertz CT molecular complexity index is 661. The van der Waals surface area contributed by atoms with Gasteiger partial charge in [-0.15, -0.1) is 0 Å². The van der Waals surface area contributed by atoms with Crippen molar-refractivity contribution >= 4 is 33.2 Å². The van der Waals surface area contributed by atoms with Gasteiger partial charge >= 0.3 is 6.18 Å². The molecular weight excluding hydrogens is 371 g/mol. The van der Waals surface area contributed by atoms with Gasteiger partial charge < -0.3 is 10.4 Å². The summed E-state index contributed by atoms with van der Waals surface area (Å²) in [6.45, 7) is 0.145. The number of benzene rings is 2. The van der Waals surface area contributed by atoms with Crippen LogP contribution in [0.25, 0.3) is 0 Å². The van der Waals surface area contributed by atoms with Crippen molar-refractivity contribution in [3.63, 3.8) is 0 Å². The first kappa shape index (κ1) is 16.0. The summed E-state index contributed by atoms with van der Waals surface area (Å²) in [5.74, 6) is 0.0625. The molecule has 7 heteroatoms. The van der Waals surface area contributed by atoms with Crippen LogP contribution in [0.4, 0.5) is 18.9 Å². The lowest BCUT2D eigenvalue weighted by atomic mass is 10.1. The molecule has 0 spiro atoms. The van der Waals surface area contributed by atoms with Gasteiger partial charge in [0.2, 0.25) is 0 Å². The van der Waals surface area contributed by atoms with E-state index in [2.05, 4.69) is 21.2 Å². The highest BCUT2D eigenvalue weighted by Gasteiger charge is 2.34. The molecule has 2 aromatic carbocycles. The minimum absolute atomic E-state index is 0.00247. The van der Waals surface area contributed by atoms with Crippen molar-refractivity contribution in [3.8, 4) is 5.75 Å². The summed E-state index contributed by atoms with van der Waals surface area (Å²) < 4.78 is 39.3.